The number of carbonyl (C=O) groups excluding carboxylic acids is 4. The lowest BCUT2D eigenvalue weighted by Gasteiger charge is -2.34. The van der Waals surface area contributed by atoms with Gasteiger partial charge in [0, 0.05) is 36.8 Å². The van der Waals surface area contributed by atoms with Crippen LogP contribution in [-0.4, -0.2) is 71.0 Å². The maximum Gasteiger partial charge on any atom is 0.322 e. The predicted molar refractivity (Wildman–Crippen MR) is 113 cm³/mol. The summed E-state index contributed by atoms with van der Waals surface area (Å²) in [5.74, 6) is -0.110. The summed E-state index contributed by atoms with van der Waals surface area (Å²) in [6, 6.07) is 9.98. The molecule has 0 radical (unpaired) electrons. The molecule has 4 rings (SSSR count). The number of piperazine rings is 1. The summed E-state index contributed by atoms with van der Waals surface area (Å²) < 4.78 is 5.17. The van der Waals surface area contributed by atoms with Gasteiger partial charge in [0.25, 0.3) is 17.7 Å². The van der Waals surface area contributed by atoms with Crippen LogP contribution >= 0.6 is 11.8 Å². The van der Waals surface area contributed by atoms with E-state index in [9.17, 15) is 19.2 Å². The quantitative estimate of drug-likeness (QED) is 0.537. The lowest BCUT2D eigenvalue weighted by atomic mass is 10.1. The van der Waals surface area contributed by atoms with E-state index in [0.717, 1.165) is 4.90 Å². The molecule has 31 heavy (non-hydrogen) atoms. The zero-order valence-corrected chi connectivity index (χ0v) is 17.7. The fraction of sp³-hybridized carbons (Fsp3) is 0.333. The zero-order chi connectivity index (χ0) is 22.0. The Hall–Kier alpha value is -3.27. The van der Waals surface area contributed by atoms with E-state index in [4.69, 9.17) is 4.42 Å². The molecule has 0 unspecified atom stereocenters. The van der Waals surface area contributed by atoms with Crippen molar-refractivity contribution >= 4 is 35.5 Å². The molecule has 3 heterocycles. The Kier molecular flexibility index (Phi) is 5.73. The molecule has 0 saturated carbocycles. The molecule has 2 N–H and O–H groups in total. The second-order valence-electron chi connectivity index (χ2n) is 7.59. The number of nitrogens with zero attached hydrogens (tertiary/aromatic N) is 2. The summed E-state index contributed by atoms with van der Waals surface area (Å²) in [6.45, 7) is 3.33. The Balaban J connectivity index is 1.40. The lowest BCUT2D eigenvalue weighted by molar-refractivity contribution is -0.122. The second-order valence-corrected chi connectivity index (χ2v) is 8.60. The first-order chi connectivity index (χ1) is 14.9. The van der Waals surface area contributed by atoms with E-state index >= 15 is 0 Å². The van der Waals surface area contributed by atoms with Crippen molar-refractivity contribution in [1.29, 1.82) is 0 Å². The highest BCUT2D eigenvalue weighted by molar-refractivity contribution is 7.99. The molecule has 0 bridgehead atoms. The van der Waals surface area contributed by atoms with Gasteiger partial charge in [-0.2, -0.15) is 0 Å². The second kappa shape index (κ2) is 8.46. The third-order valence-electron chi connectivity index (χ3n) is 5.34. The summed E-state index contributed by atoms with van der Waals surface area (Å²) in [5, 5.41) is 4.87. The number of nitrogens with one attached hydrogen (secondary N) is 2. The average Bonchev–Trinajstić information content (AvgIpc) is 3.40. The van der Waals surface area contributed by atoms with Gasteiger partial charge < -0.3 is 19.5 Å². The van der Waals surface area contributed by atoms with Crippen LogP contribution in [-0.2, 0) is 4.79 Å². The number of furan rings is 1. The van der Waals surface area contributed by atoms with Gasteiger partial charge in [-0.1, -0.05) is 12.1 Å². The highest BCUT2D eigenvalue weighted by atomic mass is 32.2. The molecule has 162 valence electrons. The zero-order valence-electron chi connectivity index (χ0n) is 16.9. The number of thioether (sulfide) groups is 1. The van der Waals surface area contributed by atoms with Crippen LogP contribution in [0.1, 0.15) is 27.8 Å². The molecule has 2 fully saturated rings. The van der Waals surface area contributed by atoms with Crippen LogP contribution in [0.15, 0.2) is 52.0 Å². The fourth-order valence-corrected chi connectivity index (χ4v) is 4.64. The van der Waals surface area contributed by atoms with Gasteiger partial charge in [-0.3, -0.25) is 19.7 Å². The lowest BCUT2D eigenvalue weighted by Crippen LogP contribution is -2.50. The van der Waals surface area contributed by atoms with Gasteiger partial charge in [-0.05, 0) is 31.2 Å². The van der Waals surface area contributed by atoms with Crippen molar-refractivity contribution in [2.24, 2.45) is 0 Å². The van der Waals surface area contributed by atoms with Crippen molar-refractivity contribution in [3.05, 3.63) is 54.0 Å². The van der Waals surface area contributed by atoms with Gasteiger partial charge in [0.15, 0.2) is 5.76 Å². The first-order valence-electron chi connectivity index (χ1n) is 9.85. The smallest absolute Gasteiger partial charge is 0.322 e. The molecule has 10 heteroatoms. The fourth-order valence-electron chi connectivity index (χ4n) is 3.51. The summed E-state index contributed by atoms with van der Waals surface area (Å²) >= 11 is 1.34. The van der Waals surface area contributed by atoms with Crippen LogP contribution in [0.5, 0.6) is 0 Å². The van der Waals surface area contributed by atoms with E-state index in [0.29, 0.717) is 37.5 Å². The first-order valence-corrected chi connectivity index (χ1v) is 10.8. The molecule has 0 aliphatic carbocycles. The van der Waals surface area contributed by atoms with Gasteiger partial charge >= 0.3 is 6.03 Å². The van der Waals surface area contributed by atoms with E-state index in [-0.39, 0.29) is 23.5 Å². The molecule has 0 spiro atoms. The maximum absolute atomic E-state index is 13.2. The van der Waals surface area contributed by atoms with Gasteiger partial charge in [-0.15, -0.1) is 11.8 Å². The van der Waals surface area contributed by atoms with Crippen LogP contribution < -0.4 is 10.6 Å². The summed E-state index contributed by atoms with van der Waals surface area (Å²) in [5.41, 5.74) is -0.498. The molecule has 2 aliphatic heterocycles. The largest absolute Gasteiger partial charge is 0.459 e. The van der Waals surface area contributed by atoms with E-state index in [1.807, 2.05) is 12.1 Å². The number of carbonyl (C=O) groups is 4. The minimum atomic E-state index is -1.03. The summed E-state index contributed by atoms with van der Waals surface area (Å²) in [7, 11) is 0. The van der Waals surface area contributed by atoms with Crippen LogP contribution in [0.4, 0.5) is 4.79 Å². The molecule has 5 amide bonds. The standard InChI is InChI=1S/C21H22N4O5S/c1-21(19(28)22-20(29)23-21)13-31-16-7-3-2-5-14(16)17(26)24-8-10-25(11-9-24)18(27)15-6-4-12-30-15/h2-7,12H,8-11,13H2,1H3,(H2,22,23,28,29)/t21-/m1/s1. The molecule has 1 atom stereocenters. The summed E-state index contributed by atoms with van der Waals surface area (Å²) in [4.78, 5) is 53.2. The van der Waals surface area contributed by atoms with Crippen LogP contribution in [0.3, 0.4) is 0 Å². The number of hydrogen-bond acceptors (Lipinski definition) is 6. The molecule has 1 aromatic carbocycles. The SMILES string of the molecule is C[C@]1(CSc2ccccc2C(=O)N2CCN(C(=O)c3ccco3)CC2)NC(=O)NC1=O. The number of imide groups is 1. The Morgan fingerprint density at radius 3 is 2.32 bits per heavy atom. The van der Waals surface area contributed by atoms with E-state index in [1.54, 1.807) is 41.0 Å². The maximum atomic E-state index is 13.2. The van der Waals surface area contributed by atoms with Crippen molar-refractivity contribution in [3.8, 4) is 0 Å². The predicted octanol–water partition coefficient (Wildman–Crippen LogP) is 1.57. The van der Waals surface area contributed by atoms with Gasteiger partial charge in [0.1, 0.15) is 5.54 Å². The number of rotatable bonds is 5. The molecule has 2 saturated heterocycles. The molecule has 1 aromatic heterocycles. The minimum absolute atomic E-state index is 0.127. The Morgan fingerprint density at radius 1 is 1.03 bits per heavy atom. The van der Waals surface area contributed by atoms with Crippen LogP contribution in [0, 0.1) is 0 Å². The summed E-state index contributed by atoms with van der Waals surface area (Å²) in [6.07, 6.45) is 1.46. The Bertz CT molecular complexity index is 1020. The monoisotopic (exact) mass is 442 g/mol. The first kappa shape index (κ1) is 21.0. The number of urea groups is 1. The average molecular weight is 442 g/mol. The highest BCUT2D eigenvalue weighted by Crippen LogP contribution is 2.28. The van der Waals surface area contributed by atoms with E-state index < -0.39 is 11.6 Å². The van der Waals surface area contributed by atoms with E-state index in [2.05, 4.69) is 10.6 Å². The highest BCUT2D eigenvalue weighted by Gasteiger charge is 2.42. The molecule has 2 aromatic rings. The van der Waals surface area contributed by atoms with Crippen molar-refractivity contribution in [1.82, 2.24) is 20.4 Å². The van der Waals surface area contributed by atoms with Gasteiger partial charge in [0.05, 0.1) is 11.8 Å². The Morgan fingerprint density at radius 2 is 1.71 bits per heavy atom. The van der Waals surface area contributed by atoms with Crippen molar-refractivity contribution < 1.29 is 23.6 Å². The third-order valence-corrected chi connectivity index (χ3v) is 6.73. The number of benzene rings is 1. The van der Waals surface area contributed by atoms with Crippen LogP contribution in [0.2, 0.25) is 0 Å². The van der Waals surface area contributed by atoms with Crippen molar-refractivity contribution in [2.45, 2.75) is 17.4 Å². The number of hydrogen-bond donors (Lipinski definition) is 2. The van der Waals surface area contributed by atoms with Gasteiger partial charge in [0.2, 0.25) is 0 Å². The third kappa shape index (κ3) is 4.29. The Labute approximate surface area is 183 Å². The molecule has 9 nitrogen and oxygen atoms in total. The normalized spacial score (nSPS) is 21.1. The van der Waals surface area contributed by atoms with Crippen molar-refractivity contribution in [2.75, 3.05) is 31.9 Å². The molecule has 2 aliphatic rings. The van der Waals surface area contributed by atoms with Gasteiger partial charge in [-0.25, -0.2) is 4.79 Å². The topological polar surface area (TPSA) is 112 Å². The van der Waals surface area contributed by atoms with Crippen LogP contribution in [0.25, 0.3) is 0 Å². The van der Waals surface area contributed by atoms with E-state index in [1.165, 1.54) is 18.0 Å². The molecular weight excluding hydrogens is 420 g/mol. The molecular formula is C21H22N4O5S. The number of amides is 5. The minimum Gasteiger partial charge on any atom is -0.459 e. The van der Waals surface area contributed by atoms with Crippen molar-refractivity contribution in [3.63, 3.8) is 0 Å².